The molecule has 0 aliphatic rings. The molecule has 0 unspecified atom stereocenters. The molecule has 0 heterocycles. The third-order valence-corrected chi connectivity index (χ3v) is 3.19. The lowest BCUT2D eigenvalue weighted by atomic mass is 10.1. The molecule has 0 spiro atoms. The van der Waals surface area contributed by atoms with Gasteiger partial charge < -0.3 is 5.32 Å². The van der Waals surface area contributed by atoms with Crippen molar-refractivity contribution in [3.63, 3.8) is 0 Å². The van der Waals surface area contributed by atoms with Crippen molar-refractivity contribution in [2.75, 3.05) is 5.32 Å². The van der Waals surface area contributed by atoms with Gasteiger partial charge in [-0.3, -0.25) is 10.1 Å². The number of nitrogens with one attached hydrogen (secondary N) is 1. The Morgan fingerprint density at radius 3 is 2.76 bits per heavy atom. The molecule has 2 rings (SSSR count). The van der Waals surface area contributed by atoms with Gasteiger partial charge in [0.1, 0.15) is 17.4 Å². The molecule has 0 fully saturated rings. The second kappa shape index (κ2) is 6.20. The normalized spacial score (nSPS) is 9.95. The van der Waals surface area contributed by atoms with Crippen LogP contribution in [0, 0.1) is 27.3 Å². The molecule has 7 heteroatoms. The van der Waals surface area contributed by atoms with E-state index >= 15 is 0 Å². The average Bonchev–Trinajstić information content (AvgIpc) is 2.45. The summed E-state index contributed by atoms with van der Waals surface area (Å²) in [6.45, 7) is 0.217. The number of nitriles is 1. The summed E-state index contributed by atoms with van der Waals surface area (Å²) in [5.74, 6) is -0.614. The van der Waals surface area contributed by atoms with Gasteiger partial charge in [-0.1, -0.05) is 17.7 Å². The van der Waals surface area contributed by atoms with Crippen LogP contribution in [0.4, 0.5) is 15.8 Å². The minimum Gasteiger partial charge on any atom is -0.380 e. The Morgan fingerprint density at radius 1 is 1.38 bits per heavy atom. The van der Waals surface area contributed by atoms with Gasteiger partial charge >= 0.3 is 0 Å². The number of halogens is 2. The first-order valence-electron chi connectivity index (χ1n) is 5.88. The molecule has 1 N–H and O–H groups in total. The second-order valence-corrected chi connectivity index (χ2v) is 4.57. The molecule has 0 amide bonds. The predicted molar refractivity (Wildman–Crippen MR) is 76.5 cm³/mol. The van der Waals surface area contributed by atoms with E-state index in [0.717, 1.165) is 0 Å². The van der Waals surface area contributed by atoms with Crippen molar-refractivity contribution >= 4 is 23.0 Å². The number of hydrogen-bond acceptors (Lipinski definition) is 4. The highest BCUT2D eigenvalue weighted by molar-refractivity contribution is 6.31. The maximum atomic E-state index is 13.4. The van der Waals surface area contributed by atoms with Gasteiger partial charge in [0.25, 0.3) is 5.69 Å². The van der Waals surface area contributed by atoms with E-state index in [1.807, 2.05) is 0 Å². The Bertz CT molecular complexity index is 743. The van der Waals surface area contributed by atoms with Crippen molar-refractivity contribution in [2.24, 2.45) is 0 Å². The SMILES string of the molecule is N#Cc1c(F)cccc1NCc1ccc([N+](=O)[O-])cc1Cl. The number of nitro groups is 1. The zero-order valence-corrected chi connectivity index (χ0v) is 11.4. The van der Waals surface area contributed by atoms with Gasteiger partial charge in [-0.05, 0) is 23.8 Å². The summed E-state index contributed by atoms with van der Waals surface area (Å²) >= 11 is 5.96. The maximum absolute atomic E-state index is 13.4. The maximum Gasteiger partial charge on any atom is 0.270 e. The van der Waals surface area contributed by atoms with E-state index in [1.54, 1.807) is 12.1 Å². The van der Waals surface area contributed by atoms with Crippen LogP contribution in [0.25, 0.3) is 0 Å². The van der Waals surface area contributed by atoms with Crippen LogP contribution < -0.4 is 5.32 Å². The Hall–Kier alpha value is -2.65. The summed E-state index contributed by atoms with van der Waals surface area (Å²) in [5, 5.41) is 22.7. The Labute approximate surface area is 124 Å². The Kier molecular flexibility index (Phi) is 4.36. The second-order valence-electron chi connectivity index (χ2n) is 4.16. The standard InChI is InChI=1S/C14H9ClFN3O2/c15-12-6-10(19(20)21)5-4-9(12)8-18-14-3-1-2-13(16)11(14)7-17/h1-6,18H,8H2. The van der Waals surface area contributed by atoms with Crippen LogP contribution in [-0.4, -0.2) is 4.92 Å². The zero-order chi connectivity index (χ0) is 15.4. The quantitative estimate of drug-likeness (QED) is 0.687. The number of anilines is 1. The van der Waals surface area contributed by atoms with Crippen LogP contribution in [0.5, 0.6) is 0 Å². The van der Waals surface area contributed by atoms with Crippen LogP contribution in [0.2, 0.25) is 5.02 Å². The molecular weight excluding hydrogens is 297 g/mol. The molecule has 0 bridgehead atoms. The number of benzene rings is 2. The zero-order valence-electron chi connectivity index (χ0n) is 10.6. The fraction of sp³-hybridized carbons (Fsp3) is 0.0714. The van der Waals surface area contributed by atoms with Crippen molar-refractivity contribution in [3.8, 4) is 6.07 Å². The molecule has 21 heavy (non-hydrogen) atoms. The minimum absolute atomic E-state index is 0.0875. The van der Waals surface area contributed by atoms with Gasteiger partial charge in [0.15, 0.2) is 0 Å². The van der Waals surface area contributed by atoms with Crippen LogP contribution >= 0.6 is 11.6 Å². The lowest BCUT2D eigenvalue weighted by molar-refractivity contribution is -0.384. The smallest absolute Gasteiger partial charge is 0.270 e. The van der Waals surface area contributed by atoms with E-state index in [0.29, 0.717) is 11.3 Å². The van der Waals surface area contributed by atoms with Crippen LogP contribution in [-0.2, 0) is 6.54 Å². The first kappa shape index (κ1) is 14.8. The number of non-ortho nitro benzene ring substituents is 1. The predicted octanol–water partition coefficient (Wildman–Crippen LogP) is 3.87. The minimum atomic E-state index is -0.614. The summed E-state index contributed by atoms with van der Waals surface area (Å²) in [6, 6.07) is 10.1. The molecule has 0 aromatic heterocycles. The number of nitrogens with zero attached hydrogens (tertiary/aromatic N) is 2. The van der Waals surface area contributed by atoms with E-state index in [-0.39, 0.29) is 22.8 Å². The summed E-state index contributed by atoms with van der Waals surface area (Å²) in [7, 11) is 0. The highest BCUT2D eigenvalue weighted by atomic mass is 35.5. The first-order valence-corrected chi connectivity index (χ1v) is 6.26. The fourth-order valence-electron chi connectivity index (χ4n) is 1.77. The van der Waals surface area contributed by atoms with Gasteiger partial charge in [0.05, 0.1) is 15.6 Å². The van der Waals surface area contributed by atoms with E-state index < -0.39 is 10.7 Å². The molecule has 0 radical (unpaired) electrons. The van der Waals surface area contributed by atoms with Crippen LogP contribution in [0.3, 0.4) is 0 Å². The average molecular weight is 306 g/mol. The van der Waals surface area contributed by atoms with E-state index in [1.165, 1.54) is 30.3 Å². The molecule has 2 aromatic rings. The Balaban J connectivity index is 2.20. The van der Waals surface area contributed by atoms with Gasteiger partial charge in [0, 0.05) is 18.7 Å². The molecule has 0 saturated carbocycles. The number of nitro benzene ring substituents is 1. The molecule has 0 atom stereocenters. The molecule has 2 aromatic carbocycles. The summed E-state index contributed by atoms with van der Waals surface area (Å²) < 4.78 is 13.4. The molecule has 0 saturated heterocycles. The largest absolute Gasteiger partial charge is 0.380 e. The topological polar surface area (TPSA) is 79.0 Å². The fourth-order valence-corrected chi connectivity index (χ4v) is 2.01. The van der Waals surface area contributed by atoms with Crippen LogP contribution in [0.1, 0.15) is 11.1 Å². The van der Waals surface area contributed by atoms with Crippen molar-refractivity contribution in [2.45, 2.75) is 6.54 Å². The summed E-state index contributed by atoms with van der Waals surface area (Å²) in [6.07, 6.45) is 0. The molecular formula is C14H9ClFN3O2. The first-order chi connectivity index (χ1) is 10.0. The third kappa shape index (κ3) is 3.27. The van der Waals surface area contributed by atoms with Crippen molar-refractivity contribution < 1.29 is 9.31 Å². The van der Waals surface area contributed by atoms with Gasteiger partial charge in [-0.2, -0.15) is 5.26 Å². The summed E-state index contributed by atoms with van der Waals surface area (Å²) in [5.41, 5.74) is 0.755. The molecule has 106 valence electrons. The van der Waals surface area contributed by atoms with Gasteiger partial charge in [-0.25, -0.2) is 4.39 Å². The van der Waals surface area contributed by atoms with Crippen molar-refractivity contribution in [1.82, 2.24) is 0 Å². The lowest BCUT2D eigenvalue weighted by Crippen LogP contribution is -2.03. The molecule has 5 nitrogen and oxygen atoms in total. The van der Waals surface area contributed by atoms with Crippen molar-refractivity contribution in [1.29, 1.82) is 5.26 Å². The summed E-state index contributed by atoms with van der Waals surface area (Å²) in [4.78, 5) is 10.1. The Morgan fingerprint density at radius 2 is 2.14 bits per heavy atom. The van der Waals surface area contributed by atoms with E-state index in [2.05, 4.69) is 5.32 Å². The highest BCUT2D eigenvalue weighted by Crippen LogP contribution is 2.24. The molecule has 0 aliphatic heterocycles. The monoisotopic (exact) mass is 305 g/mol. The van der Waals surface area contributed by atoms with Gasteiger partial charge in [0.2, 0.25) is 0 Å². The van der Waals surface area contributed by atoms with Crippen LogP contribution in [0.15, 0.2) is 36.4 Å². The van der Waals surface area contributed by atoms with E-state index in [4.69, 9.17) is 16.9 Å². The number of rotatable bonds is 4. The lowest BCUT2D eigenvalue weighted by Gasteiger charge is -2.09. The number of hydrogen-bond donors (Lipinski definition) is 1. The van der Waals surface area contributed by atoms with Crippen molar-refractivity contribution in [3.05, 3.63) is 68.5 Å². The van der Waals surface area contributed by atoms with E-state index in [9.17, 15) is 14.5 Å². The highest BCUT2D eigenvalue weighted by Gasteiger charge is 2.11. The third-order valence-electron chi connectivity index (χ3n) is 2.84. The van der Waals surface area contributed by atoms with Gasteiger partial charge in [-0.15, -0.1) is 0 Å². The molecule has 0 aliphatic carbocycles.